The molecule has 0 atom stereocenters. The van der Waals surface area contributed by atoms with Gasteiger partial charge in [0, 0.05) is 32.6 Å². The zero-order chi connectivity index (χ0) is 10.6. The minimum atomic E-state index is -0.443. The van der Waals surface area contributed by atoms with Crippen molar-refractivity contribution in [2.75, 3.05) is 32.8 Å². The number of carbonyl (C=O) groups is 2. The minimum Gasteiger partial charge on any atom is -0.387 e. The topological polar surface area (TPSA) is 60.9 Å². The molecule has 0 aromatic rings. The van der Waals surface area contributed by atoms with Gasteiger partial charge < -0.3 is 14.9 Å². The van der Waals surface area contributed by atoms with Crippen LogP contribution in [0, 0.1) is 0 Å². The average Bonchev–Trinajstić information content (AvgIpc) is 2.27. The largest absolute Gasteiger partial charge is 0.387 e. The first kappa shape index (κ1) is 11.0. The molecule has 1 heterocycles. The van der Waals surface area contributed by atoms with Gasteiger partial charge in [0.1, 0.15) is 6.61 Å². The summed E-state index contributed by atoms with van der Waals surface area (Å²) in [5.74, 6) is -0.130. The van der Waals surface area contributed by atoms with E-state index in [-0.39, 0.29) is 11.8 Å². The first-order valence-electron chi connectivity index (χ1n) is 4.85. The smallest absolute Gasteiger partial charge is 0.248 e. The Balaban J connectivity index is 2.38. The fourth-order valence-corrected chi connectivity index (χ4v) is 1.53. The molecular weight excluding hydrogens is 184 g/mol. The molecular formula is C9H16N2O3. The molecule has 5 heteroatoms. The van der Waals surface area contributed by atoms with E-state index in [0.29, 0.717) is 32.6 Å². The van der Waals surface area contributed by atoms with Crippen molar-refractivity contribution in [3.63, 3.8) is 0 Å². The van der Waals surface area contributed by atoms with Crippen LogP contribution in [0.2, 0.25) is 0 Å². The van der Waals surface area contributed by atoms with E-state index in [1.165, 1.54) is 0 Å². The van der Waals surface area contributed by atoms with Crippen LogP contribution in [0.1, 0.15) is 13.3 Å². The number of piperazine rings is 1. The molecule has 1 aliphatic rings. The third-order valence-corrected chi connectivity index (χ3v) is 2.42. The van der Waals surface area contributed by atoms with Crippen LogP contribution in [0.4, 0.5) is 0 Å². The highest BCUT2D eigenvalue weighted by atomic mass is 16.3. The zero-order valence-corrected chi connectivity index (χ0v) is 8.40. The quantitative estimate of drug-likeness (QED) is 0.626. The Labute approximate surface area is 83.3 Å². The van der Waals surface area contributed by atoms with Gasteiger partial charge in [-0.15, -0.1) is 0 Å². The Bertz CT molecular complexity index is 198. The molecule has 0 aromatic heterocycles. The maximum Gasteiger partial charge on any atom is 0.248 e. The second kappa shape index (κ2) is 4.95. The molecule has 1 aliphatic heterocycles. The summed E-state index contributed by atoms with van der Waals surface area (Å²) in [6.07, 6.45) is 0.508. The van der Waals surface area contributed by atoms with E-state index in [0.717, 1.165) is 0 Å². The fourth-order valence-electron chi connectivity index (χ4n) is 1.53. The summed E-state index contributed by atoms with van der Waals surface area (Å²) in [5.41, 5.74) is 0. The van der Waals surface area contributed by atoms with Crippen molar-refractivity contribution in [1.29, 1.82) is 0 Å². The minimum absolute atomic E-state index is 0.126. The summed E-state index contributed by atoms with van der Waals surface area (Å²) >= 11 is 0. The number of carbonyl (C=O) groups excluding carboxylic acids is 2. The van der Waals surface area contributed by atoms with Gasteiger partial charge in [-0.25, -0.2) is 0 Å². The molecule has 0 aromatic carbocycles. The SMILES string of the molecule is CCC(=O)N1CCN(C(=O)CO)CC1. The third kappa shape index (κ3) is 2.45. The van der Waals surface area contributed by atoms with Gasteiger partial charge in [-0.1, -0.05) is 6.92 Å². The van der Waals surface area contributed by atoms with Gasteiger partial charge in [0.25, 0.3) is 0 Å². The van der Waals surface area contributed by atoms with Crippen LogP contribution in [0.25, 0.3) is 0 Å². The van der Waals surface area contributed by atoms with Crippen LogP contribution in [-0.4, -0.2) is 59.5 Å². The summed E-state index contributed by atoms with van der Waals surface area (Å²) in [5, 5.41) is 8.64. The molecule has 0 radical (unpaired) electrons. The Hall–Kier alpha value is -1.10. The normalized spacial score (nSPS) is 17.0. The third-order valence-electron chi connectivity index (χ3n) is 2.42. The second-order valence-electron chi connectivity index (χ2n) is 3.27. The molecule has 1 saturated heterocycles. The fraction of sp³-hybridized carbons (Fsp3) is 0.778. The molecule has 80 valence electrons. The van der Waals surface area contributed by atoms with Crippen LogP contribution in [0.3, 0.4) is 0 Å². The van der Waals surface area contributed by atoms with Crippen molar-refractivity contribution in [1.82, 2.24) is 9.80 Å². The summed E-state index contributed by atoms with van der Waals surface area (Å²) in [7, 11) is 0. The lowest BCUT2D eigenvalue weighted by Gasteiger charge is -2.34. The number of hydrogen-bond acceptors (Lipinski definition) is 3. The maximum atomic E-state index is 11.3. The molecule has 0 spiro atoms. The number of rotatable bonds is 2. The predicted molar refractivity (Wildman–Crippen MR) is 50.5 cm³/mol. The number of aliphatic hydroxyl groups excluding tert-OH is 1. The maximum absolute atomic E-state index is 11.3. The monoisotopic (exact) mass is 200 g/mol. The lowest BCUT2D eigenvalue weighted by molar-refractivity contribution is -0.141. The van der Waals surface area contributed by atoms with Crippen molar-refractivity contribution in [2.45, 2.75) is 13.3 Å². The highest BCUT2D eigenvalue weighted by molar-refractivity contribution is 5.78. The van der Waals surface area contributed by atoms with Gasteiger partial charge in [-0.2, -0.15) is 0 Å². The Morgan fingerprint density at radius 3 is 1.86 bits per heavy atom. The number of hydrogen-bond donors (Lipinski definition) is 1. The molecule has 5 nitrogen and oxygen atoms in total. The van der Waals surface area contributed by atoms with Gasteiger partial charge in [-0.05, 0) is 0 Å². The van der Waals surface area contributed by atoms with E-state index < -0.39 is 6.61 Å². The molecule has 0 saturated carbocycles. The van der Waals surface area contributed by atoms with E-state index >= 15 is 0 Å². The molecule has 1 N–H and O–H groups in total. The number of nitrogens with zero attached hydrogens (tertiary/aromatic N) is 2. The summed E-state index contributed by atoms with van der Waals surface area (Å²) in [6, 6.07) is 0. The average molecular weight is 200 g/mol. The molecule has 1 rings (SSSR count). The zero-order valence-electron chi connectivity index (χ0n) is 8.40. The van der Waals surface area contributed by atoms with E-state index in [1.807, 2.05) is 6.92 Å². The highest BCUT2D eigenvalue weighted by Crippen LogP contribution is 2.03. The molecule has 1 fully saturated rings. The standard InChI is InChI=1S/C9H16N2O3/c1-2-8(13)10-3-5-11(6-4-10)9(14)7-12/h12H,2-7H2,1H3. The Morgan fingerprint density at radius 1 is 1.07 bits per heavy atom. The van der Waals surface area contributed by atoms with Gasteiger partial charge in [0.05, 0.1) is 0 Å². The van der Waals surface area contributed by atoms with Crippen LogP contribution in [0.15, 0.2) is 0 Å². The number of amides is 2. The van der Waals surface area contributed by atoms with E-state index in [4.69, 9.17) is 5.11 Å². The molecule has 0 aliphatic carbocycles. The van der Waals surface area contributed by atoms with Gasteiger partial charge >= 0.3 is 0 Å². The highest BCUT2D eigenvalue weighted by Gasteiger charge is 2.22. The van der Waals surface area contributed by atoms with Crippen molar-refractivity contribution in [3.05, 3.63) is 0 Å². The molecule has 0 unspecified atom stereocenters. The van der Waals surface area contributed by atoms with Gasteiger partial charge in [0.2, 0.25) is 11.8 Å². The van der Waals surface area contributed by atoms with Crippen molar-refractivity contribution < 1.29 is 14.7 Å². The Morgan fingerprint density at radius 2 is 1.50 bits per heavy atom. The van der Waals surface area contributed by atoms with E-state index in [2.05, 4.69) is 0 Å². The van der Waals surface area contributed by atoms with Crippen LogP contribution < -0.4 is 0 Å². The van der Waals surface area contributed by atoms with Crippen LogP contribution in [0.5, 0.6) is 0 Å². The van der Waals surface area contributed by atoms with Crippen LogP contribution in [-0.2, 0) is 9.59 Å². The van der Waals surface area contributed by atoms with Gasteiger partial charge in [0.15, 0.2) is 0 Å². The van der Waals surface area contributed by atoms with E-state index in [1.54, 1.807) is 9.80 Å². The molecule has 2 amide bonds. The molecule has 14 heavy (non-hydrogen) atoms. The van der Waals surface area contributed by atoms with E-state index in [9.17, 15) is 9.59 Å². The predicted octanol–water partition coefficient (Wildman–Crippen LogP) is -0.940. The van der Waals surface area contributed by atoms with Crippen molar-refractivity contribution >= 4 is 11.8 Å². The first-order valence-corrected chi connectivity index (χ1v) is 4.85. The summed E-state index contributed by atoms with van der Waals surface area (Å²) < 4.78 is 0. The summed E-state index contributed by atoms with van der Waals surface area (Å²) in [4.78, 5) is 25.7. The van der Waals surface area contributed by atoms with Crippen LogP contribution >= 0.6 is 0 Å². The first-order chi connectivity index (χ1) is 6.69. The van der Waals surface area contributed by atoms with Crippen molar-refractivity contribution in [2.24, 2.45) is 0 Å². The van der Waals surface area contributed by atoms with Crippen molar-refractivity contribution in [3.8, 4) is 0 Å². The Kier molecular flexibility index (Phi) is 3.88. The summed E-state index contributed by atoms with van der Waals surface area (Å²) in [6.45, 7) is 3.61. The lowest BCUT2D eigenvalue weighted by atomic mass is 10.3. The molecule has 0 bridgehead atoms. The second-order valence-corrected chi connectivity index (χ2v) is 3.27. The lowest BCUT2D eigenvalue weighted by Crippen LogP contribution is -2.51. The number of aliphatic hydroxyl groups is 1. The van der Waals surface area contributed by atoms with Gasteiger partial charge in [-0.3, -0.25) is 9.59 Å².